The summed E-state index contributed by atoms with van der Waals surface area (Å²) >= 11 is 6.05. The number of nitrogen functional groups attached to an aromatic ring is 1. The number of benzene rings is 1. The summed E-state index contributed by atoms with van der Waals surface area (Å²) in [6, 6.07) is 5.57. The van der Waals surface area contributed by atoms with Crippen LogP contribution in [0.4, 0.5) is 5.95 Å². The molecule has 0 saturated heterocycles. The maximum atomic E-state index is 6.05. The molecule has 5 heteroatoms. The van der Waals surface area contributed by atoms with Crippen molar-refractivity contribution < 1.29 is 4.74 Å². The van der Waals surface area contributed by atoms with Gasteiger partial charge in [-0.2, -0.15) is 0 Å². The quantitative estimate of drug-likeness (QED) is 0.872. The molecule has 2 rings (SSSR count). The number of anilines is 1. The number of halogens is 1. The third-order valence-electron chi connectivity index (χ3n) is 2.47. The highest BCUT2D eigenvalue weighted by Crippen LogP contribution is 2.30. The first-order chi connectivity index (χ1) is 7.63. The summed E-state index contributed by atoms with van der Waals surface area (Å²) in [6.45, 7) is 0. The number of nitrogens with zero attached hydrogens (tertiary/aromatic N) is 2. The molecule has 0 amide bonds. The highest BCUT2D eigenvalue weighted by molar-refractivity contribution is 6.32. The van der Waals surface area contributed by atoms with Crippen LogP contribution in [-0.4, -0.2) is 16.7 Å². The number of hydrogen-bond acceptors (Lipinski definition) is 3. The molecule has 0 aliphatic carbocycles. The van der Waals surface area contributed by atoms with Crippen molar-refractivity contribution in [2.24, 2.45) is 7.05 Å². The predicted octanol–water partition coefficient (Wildman–Crippen LogP) is 2.33. The minimum absolute atomic E-state index is 0.474. The minimum atomic E-state index is 0.474. The van der Waals surface area contributed by atoms with Gasteiger partial charge in [0.1, 0.15) is 5.75 Å². The zero-order valence-corrected chi connectivity index (χ0v) is 9.82. The molecule has 4 nitrogen and oxygen atoms in total. The number of aromatic nitrogens is 2. The largest absolute Gasteiger partial charge is 0.495 e. The Morgan fingerprint density at radius 1 is 1.44 bits per heavy atom. The molecule has 1 aromatic carbocycles. The predicted molar refractivity (Wildman–Crippen MR) is 64.6 cm³/mol. The Balaban J connectivity index is 2.49. The van der Waals surface area contributed by atoms with Crippen molar-refractivity contribution in [1.29, 1.82) is 0 Å². The lowest BCUT2D eigenvalue weighted by atomic mass is 10.1. The average molecular weight is 238 g/mol. The van der Waals surface area contributed by atoms with Crippen LogP contribution in [0.25, 0.3) is 11.3 Å². The van der Waals surface area contributed by atoms with Crippen LogP contribution in [0.2, 0.25) is 5.02 Å². The van der Waals surface area contributed by atoms with Gasteiger partial charge in [-0.3, -0.25) is 0 Å². The topological polar surface area (TPSA) is 53.1 Å². The molecule has 1 aromatic heterocycles. The highest BCUT2D eigenvalue weighted by Gasteiger charge is 2.08. The number of hydrogen-bond donors (Lipinski definition) is 1. The van der Waals surface area contributed by atoms with E-state index < -0.39 is 0 Å². The first-order valence-corrected chi connectivity index (χ1v) is 5.12. The molecule has 16 heavy (non-hydrogen) atoms. The van der Waals surface area contributed by atoms with E-state index in [2.05, 4.69) is 4.98 Å². The summed E-state index contributed by atoms with van der Waals surface area (Å²) in [5.74, 6) is 1.13. The van der Waals surface area contributed by atoms with E-state index in [0.717, 1.165) is 11.3 Å². The van der Waals surface area contributed by atoms with Crippen LogP contribution in [0.5, 0.6) is 5.75 Å². The van der Waals surface area contributed by atoms with Crippen LogP contribution >= 0.6 is 11.6 Å². The maximum Gasteiger partial charge on any atom is 0.200 e. The standard InChI is InChI=1S/C11H12ClN3O/c1-15-9(6-14-11(15)13)7-3-4-10(16-2)8(12)5-7/h3-6H,1-2H3,(H2,13,14). The normalized spacial score (nSPS) is 10.4. The molecule has 2 aromatic rings. The van der Waals surface area contributed by atoms with Gasteiger partial charge in [0.25, 0.3) is 0 Å². The van der Waals surface area contributed by atoms with E-state index >= 15 is 0 Å². The third kappa shape index (κ3) is 1.72. The molecule has 0 aliphatic heterocycles. The SMILES string of the molecule is COc1ccc(-c2cnc(N)n2C)cc1Cl. The Hall–Kier alpha value is -1.68. The molecule has 0 atom stereocenters. The van der Waals surface area contributed by atoms with Gasteiger partial charge in [0.05, 0.1) is 24.0 Å². The monoisotopic (exact) mass is 237 g/mol. The molecule has 0 radical (unpaired) electrons. The number of methoxy groups -OCH3 is 1. The van der Waals surface area contributed by atoms with Gasteiger partial charge < -0.3 is 15.0 Å². The van der Waals surface area contributed by atoms with Crippen molar-refractivity contribution in [3.63, 3.8) is 0 Å². The van der Waals surface area contributed by atoms with E-state index in [0.29, 0.717) is 16.7 Å². The third-order valence-corrected chi connectivity index (χ3v) is 2.77. The summed E-state index contributed by atoms with van der Waals surface area (Å²) in [6.07, 6.45) is 1.72. The van der Waals surface area contributed by atoms with Crippen LogP contribution in [0.3, 0.4) is 0 Å². The Labute approximate surface area is 98.6 Å². The maximum absolute atomic E-state index is 6.05. The zero-order chi connectivity index (χ0) is 11.7. The number of nitrogens with two attached hydrogens (primary N) is 1. The van der Waals surface area contributed by atoms with Gasteiger partial charge in [-0.15, -0.1) is 0 Å². The van der Waals surface area contributed by atoms with E-state index in [-0.39, 0.29) is 0 Å². The Morgan fingerprint density at radius 2 is 2.19 bits per heavy atom. The summed E-state index contributed by atoms with van der Waals surface area (Å²) < 4.78 is 6.90. The van der Waals surface area contributed by atoms with Gasteiger partial charge in [0.2, 0.25) is 0 Å². The minimum Gasteiger partial charge on any atom is -0.495 e. The first kappa shape index (κ1) is 10.8. The fraction of sp³-hybridized carbons (Fsp3) is 0.182. The fourth-order valence-corrected chi connectivity index (χ4v) is 1.78. The summed E-state index contributed by atoms with van der Waals surface area (Å²) in [4.78, 5) is 4.03. The summed E-state index contributed by atoms with van der Waals surface area (Å²) in [7, 11) is 3.44. The van der Waals surface area contributed by atoms with Gasteiger partial charge in [-0.25, -0.2) is 4.98 Å². The van der Waals surface area contributed by atoms with E-state index in [9.17, 15) is 0 Å². The highest BCUT2D eigenvalue weighted by atomic mass is 35.5. The lowest BCUT2D eigenvalue weighted by Gasteiger charge is -2.07. The fourth-order valence-electron chi connectivity index (χ4n) is 1.52. The summed E-state index contributed by atoms with van der Waals surface area (Å²) in [5, 5.41) is 0.569. The molecule has 1 heterocycles. The van der Waals surface area contributed by atoms with Crippen molar-refractivity contribution in [2.45, 2.75) is 0 Å². The second kappa shape index (κ2) is 4.06. The first-order valence-electron chi connectivity index (χ1n) is 4.74. The van der Waals surface area contributed by atoms with E-state index in [1.807, 2.05) is 25.2 Å². The lowest BCUT2D eigenvalue weighted by molar-refractivity contribution is 0.415. The Kier molecular flexibility index (Phi) is 2.75. The molecule has 0 saturated carbocycles. The lowest BCUT2D eigenvalue weighted by Crippen LogP contribution is -1.98. The van der Waals surface area contributed by atoms with Crippen molar-refractivity contribution in [1.82, 2.24) is 9.55 Å². The summed E-state index contributed by atoms with van der Waals surface area (Å²) in [5.41, 5.74) is 7.54. The molecule has 0 unspecified atom stereocenters. The molecule has 0 bridgehead atoms. The van der Waals surface area contributed by atoms with Crippen LogP contribution in [0, 0.1) is 0 Å². The van der Waals surface area contributed by atoms with Crippen LogP contribution < -0.4 is 10.5 Å². The second-order valence-electron chi connectivity index (χ2n) is 3.41. The second-order valence-corrected chi connectivity index (χ2v) is 3.82. The molecule has 84 valence electrons. The van der Waals surface area contributed by atoms with Crippen molar-refractivity contribution >= 4 is 17.5 Å². The van der Waals surface area contributed by atoms with Gasteiger partial charge in [-0.05, 0) is 18.2 Å². The van der Waals surface area contributed by atoms with Crippen molar-refractivity contribution in [2.75, 3.05) is 12.8 Å². The van der Waals surface area contributed by atoms with Crippen LogP contribution in [0.15, 0.2) is 24.4 Å². The van der Waals surface area contributed by atoms with Crippen LogP contribution in [-0.2, 0) is 7.05 Å². The molecule has 2 N–H and O–H groups in total. The molecule has 0 fully saturated rings. The van der Waals surface area contributed by atoms with Crippen LogP contribution in [0.1, 0.15) is 0 Å². The van der Waals surface area contributed by atoms with E-state index in [1.165, 1.54) is 0 Å². The number of imidazole rings is 1. The Morgan fingerprint density at radius 3 is 2.69 bits per heavy atom. The number of ether oxygens (including phenoxy) is 1. The van der Waals surface area contributed by atoms with Gasteiger partial charge >= 0.3 is 0 Å². The van der Waals surface area contributed by atoms with E-state index in [1.54, 1.807) is 17.9 Å². The van der Waals surface area contributed by atoms with Crippen molar-refractivity contribution in [3.8, 4) is 17.0 Å². The molecular formula is C11H12ClN3O. The van der Waals surface area contributed by atoms with Gasteiger partial charge in [-0.1, -0.05) is 11.6 Å². The Bertz CT molecular complexity index is 522. The smallest absolute Gasteiger partial charge is 0.200 e. The van der Waals surface area contributed by atoms with Gasteiger partial charge in [0.15, 0.2) is 5.95 Å². The van der Waals surface area contributed by atoms with E-state index in [4.69, 9.17) is 22.1 Å². The molecular weight excluding hydrogens is 226 g/mol. The average Bonchev–Trinajstić information content (AvgIpc) is 2.60. The molecule has 0 spiro atoms. The molecule has 0 aliphatic rings. The van der Waals surface area contributed by atoms with Gasteiger partial charge in [0, 0.05) is 12.6 Å². The zero-order valence-electron chi connectivity index (χ0n) is 9.07. The number of rotatable bonds is 2. The van der Waals surface area contributed by atoms with Crippen molar-refractivity contribution in [3.05, 3.63) is 29.4 Å².